The molecule has 0 aliphatic carbocycles. The molecule has 2 aromatic carbocycles. The minimum Gasteiger partial charge on any atom is -0.426 e. The minimum atomic E-state index is -0.438. The third-order valence-corrected chi connectivity index (χ3v) is 4.36. The fourth-order valence-corrected chi connectivity index (χ4v) is 2.81. The largest absolute Gasteiger partial charge is 0.426 e. The van der Waals surface area contributed by atoms with Crippen LogP contribution in [0.15, 0.2) is 53.0 Å². The standard InChI is InChI=1S/C18H16BrNO3/c1-12-2-6-15(7-3-12)20-11-13(10-17(20)21)18(22)23-16-8-4-14(19)5-9-16/h2-9,13H,10-11H2,1H3/t13-/m0/s1. The second-order valence-electron chi connectivity index (χ2n) is 5.62. The number of esters is 1. The molecule has 1 aliphatic heterocycles. The molecule has 0 unspecified atom stereocenters. The van der Waals surface area contributed by atoms with Crippen LogP contribution in [0.4, 0.5) is 5.69 Å². The van der Waals surface area contributed by atoms with E-state index in [-0.39, 0.29) is 18.3 Å². The molecular formula is C18H16BrNO3. The summed E-state index contributed by atoms with van der Waals surface area (Å²) in [5.74, 6) is -0.367. The molecule has 5 heteroatoms. The van der Waals surface area contributed by atoms with E-state index in [9.17, 15) is 9.59 Å². The van der Waals surface area contributed by atoms with Crippen LogP contribution in [-0.4, -0.2) is 18.4 Å². The predicted octanol–water partition coefficient (Wildman–Crippen LogP) is 3.72. The summed E-state index contributed by atoms with van der Waals surface area (Å²) in [7, 11) is 0. The topological polar surface area (TPSA) is 46.6 Å². The highest BCUT2D eigenvalue weighted by molar-refractivity contribution is 9.10. The molecule has 0 N–H and O–H groups in total. The molecule has 0 aromatic heterocycles. The zero-order valence-electron chi connectivity index (χ0n) is 12.7. The van der Waals surface area contributed by atoms with Gasteiger partial charge in [-0.15, -0.1) is 0 Å². The van der Waals surface area contributed by atoms with Crippen LogP contribution < -0.4 is 9.64 Å². The van der Waals surface area contributed by atoms with Gasteiger partial charge >= 0.3 is 5.97 Å². The number of aryl methyl sites for hydroxylation is 1. The molecule has 1 aliphatic rings. The van der Waals surface area contributed by atoms with Gasteiger partial charge in [-0.3, -0.25) is 9.59 Å². The molecule has 1 amide bonds. The summed E-state index contributed by atoms with van der Waals surface area (Å²) >= 11 is 3.33. The van der Waals surface area contributed by atoms with Crippen molar-refractivity contribution >= 4 is 33.5 Å². The van der Waals surface area contributed by atoms with Gasteiger partial charge in [-0.1, -0.05) is 33.6 Å². The number of carbonyl (C=O) groups is 2. The summed E-state index contributed by atoms with van der Waals surface area (Å²) in [5.41, 5.74) is 1.95. The number of hydrogen-bond acceptors (Lipinski definition) is 3. The summed E-state index contributed by atoms with van der Waals surface area (Å²) in [5, 5.41) is 0. The fraction of sp³-hybridized carbons (Fsp3) is 0.222. The van der Waals surface area contributed by atoms with Crippen LogP contribution in [0.3, 0.4) is 0 Å². The van der Waals surface area contributed by atoms with Crippen molar-refractivity contribution in [3.8, 4) is 5.75 Å². The van der Waals surface area contributed by atoms with Crippen LogP contribution in [0.2, 0.25) is 0 Å². The fourth-order valence-electron chi connectivity index (χ4n) is 2.54. The van der Waals surface area contributed by atoms with Crippen molar-refractivity contribution < 1.29 is 14.3 Å². The number of halogens is 1. The van der Waals surface area contributed by atoms with Crippen LogP contribution in [-0.2, 0) is 9.59 Å². The molecule has 118 valence electrons. The van der Waals surface area contributed by atoms with Crippen molar-refractivity contribution in [3.63, 3.8) is 0 Å². The predicted molar refractivity (Wildman–Crippen MR) is 91.4 cm³/mol. The van der Waals surface area contributed by atoms with E-state index >= 15 is 0 Å². The summed E-state index contributed by atoms with van der Waals surface area (Å²) in [6, 6.07) is 14.8. The van der Waals surface area contributed by atoms with Gasteiger partial charge in [0, 0.05) is 23.1 Å². The van der Waals surface area contributed by atoms with Crippen LogP contribution in [0.1, 0.15) is 12.0 Å². The molecule has 1 heterocycles. The molecule has 2 aromatic rings. The molecule has 23 heavy (non-hydrogen) atoms. The van der Waals surface area contributed by atoms with Crippen molar-refractivity contribution in [2.75, 3.05) is 11.4 Å². The van der Waals surface area contributed by atoms with Crippen molar-refractivity contribution in [3.05, 3.63) is 58.6 Å². The monoisotopic (exact) mass is 373 g/mol. The van der Waals surface area contributed by atoms with Gasteiger partial charge in [0.25, 0.3) is 0 Å². The van der Waals surface area contributed by atoms with Gasteiger partial charge in [-0.2, -0.15) is 0 Å². The first kappa shape index (κ1) is 15.7. The first-order valence-corrected chi connectivity index (χ1v) is 8.16. The number of hydrogen-bond donors (Lipinski definition) is 0. The van der Waals surface area contributed by atoms with Crippen LogP contribution in [0.5, 0.6) is 5.75 Å². The molecular weight excluding hydrogens is 358 g/mol. The third-order valence-electron chi connectivity index (χ3n) is 3.84. The Morgan fingerprint density at radius 1 is 1.13 bits per heavy atom. The van der Waals surface area contributed by atoms with E-state index in [0.29, 0.717) is 12.3 Å². The Morgan fingerprint density at radius 2 is 1.78 bits per heavy atom. The average Bonchev–Trinajstić information content (AvgIpc) is 2.92. The Morgan fingerprint density at radius 3 is 2.43 bits per heavy atom. The number of nitrogens with zero attached hydrogens (tertiary/aromatic N) is 1. The Kier molecular flexibility index (Phi) is 4.48. The van der Waals surface area contributed by atoms with Gasteiger partial charge in [0.05, 0.1) is 5.92 Å². The number of amides is 1. The molecule has 0 bridgehead atoms. The van der Waals surface area contributed by atoms with Gasteiger partial charge < -0.3 is 9.64 Å². The molecule has 0 radical (unpaired) electrons. The molecule has 1 atom stereocenters. The smallest absolute Gasteiger partial charge is 0.316 e. The number of benzene rings is 2. The molecule has 0 spiro atoms. The van der Waals surface area contributed by atoms with E-state index in [1.807, 2.05) is 31.2 Å². The molecule has 0 saturated carbocycles. The third kappa shape index (κ3) is 3.62. The lowest BCUT2D eigenvalue weighted by atomic mass is 10.1. The van der Waals surface area contributed by atoms with Crippen molar-refractivity contribution in [1.82, 2.24) is 0 Å². The number of anilines is 1. The second-order valence-corrected chi connectivity index (χ2v) is 6.53. The first-order chi connectivity index (χ1) is 11.0. The highest BCUT2D eigenvalue weighted by Crippen LogP contribution is 2.27. The molecule has 1 fully saturated rings. The first-order valence-electron chi connectivity index (χ1n) is 7.37. The van der Waals surface area contributed by atoms with E-state index in [1.165, 1.54) is 0 Å². The van der Waals surface area contributed by atoms with Crippen molar-refractivity contribution in [2.45, 2.75) is 13.3 Å². The maximum absolute atomic E-state index is 12.3. The van der Waals surface area contributed by atoms with Crippen LogP contribution in [0.25, 0.3) is 0 Å². The van der Waals surface area contributed by atoms with Crippen molar-refractivity contribution in [1.29, 1.82) is 0 Å². The lowest BCUT2D eigenvalue weighted by molar-refractivity contribution is -0.139. The van der Waals surface area contributed by atoms with Gasteiger partial charge in [0.2, 0.25) is 5.91 Å². The highest BCUT2D eigenvalue weighted by atomic mass is 79.9. The molecule has 3 rings (SSSR count). The number of rotatable bonds is 3. The highest BCUT2D eigenvalue weighted by Gasteiger charge is 2.36. The van der Waals surface area contributed by atoms with Crippen LogP contribution >= 0.6 is 15.9 Å². The average molecular weight is 374 g/mol. The second kappa shape index (κ2) is 6.54. The Hall–Kier alpha value is -2.14. The lowest BCUT2D eigenvalue weighted by Crippen LogP contribution is -2.27. The Labute approximate surface area is 143 Å². The molecule has 4 nitrogen and oxygen atoms in total. The van der Waals surface area contributed by atoms with Crippen molar-refractivity contribution in [2.24, 2.45) is 5.92 Å². The number of carbonyl (C=O) groups excluding carboxylic acids is 2. The van der Waals surface area contributed by atoms with E-state index < -0.39 is 5.92 Å². The summed E-state index contributed by atoms with van der Waals surface area (Å²) in [4.78, 5) is 26.1. The quantitative estimate of drug-likeness (QED) is 0.608. The SMILES string of the molecule is Cc1ccc(N2C[C@@H](C(=O)Oc3ccc(Br)cc3)CC2=O)cc1. The Balaban J connectivity index is 1.68. The van der Waals surface area contributed by atoms with Gasteiger partial charge in [-0.05, 0) is 43.3 Å². The zero-order valence-corrected chi connectivity index (χ0v) is 14.2. The summed E-state index contributed by atoms with van der Waals surface area (Å²) < 4.78 is 6.28. The summed E-state index contributed by atoms with van der Waals surface area (Å²) in [6.07, 6.45) is 0.184. The summed E-state index contributed by atoms with van der Waals surface area (Å²) in [6.45, 7) is 2.35. The minimum absolute atomic E-state index is 0.0494. The van der Waals surface area contributed by atoms with E-state index in [4.69, 9.17) is 4.74 Å². The van der Waals surface area contributed by atoms with Crippen LogP contribution in [0, 0.1) is 12.8 Å². The zero-order chi connectivity index (χ0) is 16.4. The lowest BCUT2D eigenvalue weighted by Gasteiger charge is -2.16. The van der Waals surface area contributed by atoms with E-state index in [2.05, 4.69) is 15.9 Å². The van der Waals surface area contributed by atoms with E-state index in [1.54, 1.807) is 29.2 Å². The number of ether oxygens (including phenoxy) is 1. The maximum Gasteiger partial charge on any atom is 0.316 e. The molecule has 1 saturated heterocycles. The van der Waals surface area contributed by atoms with Gasteiger partial charge in [0.1, 0.15) is 5.75 Å². The normalized spacial score (nSPS) is 17.4. The Bertz CT molecular complexity index is 725. The maximum atomic E-state index is 12.3. The van der Waals surface area contributed by atoms with Gasteiger partial charge in [-0.25, -0.2) is 0 Å². The van der Waals surface area contributed by atoms with E-state index in [0.717, 1.165) is 15.7 Å². The van der Waals surface area contributed by atoms with Gasteiger partial charge in [0.15, 0.2) is 0 Å².